The lowest BCUT2D eigenvalue weighted by atomic mass is 9.94. The minimum atomic E-state index is -0.364. The van der Waals surface area contributed by atoms with Crippen molar-refractivity contribution in [2.45, 2.75) is 0 Å². The van der Waals surface area contributed by atoms with E-state index in [-0.39, 0.29) is 64.0 Å². The predicted octanol–water partition coefficient (Wildman–Crippen LogP) is 14.1. The van der Waals surface area contributed by atoms with E-state index in [1.807, 2.05) is 152 Å². The van der Waals surface area contributed by atoms with Gasteiger partial charge in [-0.3, -0.25) is 0 Å². The van der Waals surface area contributed by atoms with Gasteiger partial charge >= 0.3 is 0 Å². The Balaban J connectivity index is 1.16. The van der Waals surface area contributed by atoms with Crippen LogP contribution in [-0.2, 0) is 0 Å². The van der Waals surface area contributed by atoms with Gasteiger partial charge in [0.15, 0.2) is 17.5 Å². The summed E-state index contributed by atoms with van der Waals surface area (Å²) in [5.41, 5.74) is 7.43. The number of furan rings is 1. The van der Waals surface area contributed by atoms with Crippen molar-refractivity contribution >= 4 is 53.4 Å². The number of benzene rings is 8. The van der Waals surface area contributed by atoms with Gasteiger partial charge in [0.1, 0.15) is 11.2 Å². The second-order valence-corrected chi connectivity index (χ2v) is 14.5. The fraction of sp³-hybridized carbons (Fsp3) is 0. The third-order valence-electron chi connectivity index (χ3n) is 10.1. The van der Waals surface area contributed by atoms with Gasteiger partial charge in [-0.15, -0.1) is 11.3 Å². The average molecular weight is 740 g/mol. The van der Waals surface area contributed by atoms with Crippen LogP contribution in [0.15, 0.2) is 192 Å². The number of hydrogen-bond donors (Lipinski definition) is 0. The molecule has 0 aliphatic heterocycles. The Morgan fingerprint density at radius 2 is 1.02 bits per heavy atom. The second-order valence-electron chi connectivity index (χ2n) is 13.5. The number of fused-ring (bicyclic) bond motifs is 6. The van der Waals surface area contributed by atoms with Gasteiger partial charge in [0.25, 0.3) is 0 Å². The molecule has 4 nitrogen and oxygen atoms in total. The molecule has 0 aliphatic rings. The largest absolute Gasteiger partial charge is 0.455 e. The molecule has 0 unspecified atom stereocenters. The van der Waals surface area contributed by atoms with Crippen LogP contribution < -0.4 is 0 Å². The molecule has 0 saturated carbocycles. The van der Waals surface area contributed by atoms with Crippen LogP contribution in [0.3, 0.4) is 0 Å². The molecule has 0 amide bonds. The molecule has 0 aliphatic carbocycles. The highest BCUT2D eigenvalue weighted by Crippen LogP contribution is 2.45. The molecule has 262 valence electrons. The molecule has 0 radical (unpaired) electrons. The standard InChI is InChI=1S/C51H31N3OS/c1-4-13-32(14-5-1)33-23-25-36(26-24-33)50-52-49(35-17-8-3-9-18-35)53-51(54-50)42-21-12-20-40-43-31-37(27-30-45(43)56-48(40)42)39-29-28-38(34-15-6-2-7-16-34)46-41-19-10-11-22-44(41)55-47(39)46/h1-31H/i12D,20D,21D,27D,30D,31D. The summed E-state index contributed by atoms with van der Waals surface area (Å²) in [5, 5.41) is 2.20. The quantitative estimate of drug-likeness (QED) is 0.170. The van der Waals surface area contributed by atoms with Crippen molar-refractivity contribution in [1.29, 1.82) is 0 Å². The van der Waals surface area contributed by atoms with Crippen LogP contribution in [0.5, 0.6) is 0 Å². The zero-order valence-electron chi connectivity index (χ0n) is 35.6. The van der Waals surface area contributed by atoms with Crippen LogP contribution >= 0.6 is 11.3 Å². The highest BCUT2D eigenvalue weighted by atomic mass is 32.1. The summed E-state index contributed by atoms with van der Waals surface area (Å²) in [4.78, 5) is 14.7. The van der Waals surface area contributed by atoms with E-state index in [1.165, 1.54) is 0 Å². The van der Waals surface area contributed by atoms with E-state index < -0.39 is 0 Å². The summed E-state index contributed by atoms with van der Waals surface area (Å²) in [7, 11) is 0. The molecular formula is C51H31N3OS. The van der Waals surface area contributed by atoms with E-state index in [2.05, 4.69) is 0 Å². The number of thiophene rings is 1. The Hall–Kier alpha value is -7.21. The van der Waals surface area contributed by atoms with E-state index in [9.17, 15) is 6.85 Å². The van der Waals surface area contributed by atoms with Gasteiger partial charge in [-0.1, -0.05) is 158 Å². The Bertz CT molecular complexity index is 3580. The first-order valence-corrected chi connectivity index (χ1v) is 19.0. The van der Waals surface area contributed by atoms with E-state index in [0.717, 1.165) is 49.9 Å². The van der Waals surface area contributed by atoms with Gasteiger partial charge < -0.3 is 4.42 Å². The Morgan fingerprint density at radius 1 is 0.429 bits per heavy atom. The molecule has 5 heteroatoms. The number of para-hydroxylation sites is 1. The smallest absolute Gasteiger partial charge is 0.165 e. The number of rotatable bonds is 6. The van der Waals surface area contributed by atoms with E-state index in [0.29, 0.717) is 43.3 Å². The molecule has 0 spiro atoms. The van der Waals surface area contributed by atoms with Gasteiger partial charge in [-0.05, 0) is 58.1 Å². The van der Waals surface area contributed by atoms with Gasteiger partial charge in [-0.25, -0.2) is 15.0 Å². The van der Waals surface area contributed by atoms with Crippen LogP contribution in [0, 0.1) is 0 Å². The highest BCUT2D eigenvalue weighted by molar-refractivity contribution is 7.26. The summed E-state index contributed by atoms with van der Waals surface area (Å²) >= 11 is 1.11. The monoisotopic (exact) mass is 739 g/mol. The topological polar surface area (TPSA) is 51.8 Å². The summed E-state index contributed by atoms with van der Waals surface area (Å²) in [6, 6.07) is 47.7. The first-order chi connectivity index (χ1) is 30.3. The van der Waals surface area contributed by atoms with Crippen molar-refractivity contribution < 1.29 is 12.6 Å². The maximum Gasteiger partial charge on any atom is 0.165 e. The van der Waals surface area contributed by atoms with Crippen LogP contribution in [0.2, 0.25) is 0 Å². The van der Waals surface area contributed by atoms with Crippen molar-refractivity contribution in [2.24, 2.45) is 0 Å². The fourth-order valence-corrected chi connectivity index (χ4v) is 8.43. The third-order valence-corrected chi connectivity index (χ3v) is 11.2. The lowest BCUT2D eigenvalue weighted by Crippen LogP contribution is -2.00. The van der Waals surface area contributed by atoms with Crippen molar-refractivity contribution in [1.82, 2.24) is 15.0 Å². The molecule has 0 bridgehead atoms. The average Bonchev–Trinajstić information content (AvgIpc) is 3.92. The molecule has 3 heterocycles. The molecule has 0 atom stereocenters. The van der Waals surface area contributed by atoms with Gasteiger partial charge in [0.05, 0.1) is 8.22 Å². The van der Waals surface area contributed by atoms with Gasteiger partial charge in [-0.2, -0.15) is 0 Å². The Labute approximate surface area is 335 Å². The summed E-state index contributed by atoms with van der Waals surface area (Å²) in [5.74, 6) is 0.844. The fourth-order valence-electron chi connectivity index (χ4n) is 7.37. The highest BCUT2D eigenvalue weighted by Gasteiger charge is 2.20. The van der Waals surface area contributed by atoms with Crippen LogP contribution in [-0.4, -0.2) is 15.0 Å². The molecule has 56 heavy (non-hydrogen) atoms. The molecular weight excluding hydrogens is 703 g/mol. The molecule has 8 aromatic carbocycles. The Morgan fingerprint density at radius 3 is 1.77 bits per heavy atom. The lowest BCUT2D eigenvalue weighted by Gasteiger charge is -2.10. The van der Waals surface area contributed by atoms with E-state index >= 15 is 0 Å². The SMILES string of the molecule is [2H]c1c(-c2ccc(-c3ccccc3)c3c2oc2ccccc23)c([2H])c2c(sc3c(-c4nc(-c5ccccc5)nc(-c5ccc(-c6ccccc6)cc5)n4)c([2H])c([2H])c([2H])c32)c1[2H]. The minimum Gasteiger partial charge on any atom is -0.455 e. The van der Waals surface area contributed by atoms with E-state index in [1.54, 1.807) is 0 Å². The third kappa shape index (κ3) is 5.48. The van der Waals surface area contributed by atoms with Crippen LogP contribution in [0.4, 0.5) is 0 Å². The molecule has 11 rings (SSSR count). The molecule has 0 fully saturated rings. The number of nitrogens with zero attached hydrogens (tertiary/aromatic N) is 3. The van der Waals surface area contributed by atoms with Crippen molar-refractivity contribution in [3.8, 4) is 67.5 Å². The van der Waals surface area contributed by atoms with Gasteiger partial charge in [0.2, 0.25) is 0 Å². The zero-order chi connectivity index (χ0) is 42.2. The van der Waals surface area contributed by atoms with Crippen molar-refractivity contribution in [2.75, 3.05) is 0 Å². The first-order valence-electron chi connectivity index (χ1n) is 21.2. The molecule has 0 N–H and O–H groups in total. The van der Waals surface area contributed by atoms with E-state index in [4.69, 9.17) is 20.7 Å². The summed E-state index contributed by atoms with van der Waals surface area (Å²) in [6.45, 7) is 0. The second kappa shape index (κ2) is 13.3. The minimum absolute atomic E-state index is 0.0714. The lowest BCUT2D eigenvalue weighted by molar-refractivity contribution is 0.670. The maximum absolute atomic E-state index is 9.84. The number of hydrogen-bond acceptors (Lipinski definition) is 5. The zero-order valence-corrected chi connectivity index (χ0v) is 30.4. The number of aromatic nitrogens is 3. The summed E-state index contributed by atoms with van der Waals surface area (Å²) in [6.07, 6.45) is 0. The normalized spacial score (nSPS) is 13.1. The first kappa shape index (κ1) is 26.5. The van der Waals surface area contributed by atoms with Crippen molar-refractivity contribution in [3.05, 3.63) is 188 Å². The van der Waals surface area contributed by atoms with Gasteiger partial charge in [0, 0.05) is 53.2 Å². The predicted molar refractivity (Wildman–Crippen MR) is 233 cm³/mol. The molecule has 3 aromatic heterocycles. The van der Waals surface area contributed by atoms with Crippen LogP contribution in [0.1, 0.15) is 8.22 Å². The maximum atomic E-state index is 9.84. The molecule has 0 saturated heterocycles. The Kier molecular flexibility index (Phi) is 6.29. The molecule has 11 aromatic rings. The van der Waals surface area contributed by atoms with Crippen LogP contribution in [0.25, 0.3) is 110 Å². The summed E-state index contributed by atoms with van der Waals surface area (Å²) < 4.78 is 63.7. The van der Waals surface area contributed by atoms with Crippen molar-refractivity contribution in [3.63, 3.8) is 0 Å².